The molecule has 0 atom stereocenters. The van der Waals surface area contributed by atoms with Gasteiger partial charge >= 0.3 is 0 Å². The van der Waals surface area contributed by atoms with Gasteiger partial charge in [-0.15, -0.1) is 0 Å². The standard InChI is InChI=1S/C23H27ClN6O4S/c1-34-12-10-27-21(31)23(8-2-3-9-23)19-5-4-11-30(19)35(32,33)15-6-7-16-17(13-15)20(29-22(25)26)28-14-18(16)24/h4-7,11,13-14H,2-3,8-10,12H2,1H3,(H,27,31)(H4,25,26,28,29). The third kappa shape index (κ3) is 4.58. The van der Waals surface area contributed by atoms with Crippen molar-refractivity contribution < 1.29 is 17.9 Å². The molecule has 0 bridgehead atoms. The summed E-state index contributed by atoms with van der Waals surface area (Å²) in [5, 5.41) is 4.16. The van der Waals surface area contributed by atoms with Crippen molar-refractivity contribution in [2.24, 2.45) is 16.5 Å². The first-order chi connectivity index (χ1) is 16.7. The van der Waals surface area contributed by atoms with Gasteiger partial charge in [0.2, 0.25) is 5.91 Å². The fourth-order valence-electron chi connectivity index (χ4n) is 4.62. The van der Waals surface area contributed by atoms with E-state index in [0.717, 1.165) is 12.8 Å². The number of hydrogen-bond donors (Lipinski definition) is 3. The SMILES string of the molecule is COCCNC(=O)C1(c2cccn2S(=O)(=O)c2ccc3c(Cl)cnc(N=C(N)N)c3c2)CCCC1. The van der Waals surface area contributed by atoms with Gasteiger partial charge in [-0.2, -0.15) is 4.99 Å². The molecule has 1 fully saturated rings. The van der Waals surface area contributed by atoms with Crippen LogP contribution in [0.25, 0.3) is 10.8 Å². The van der Waals surface area contributed by atoms with E-state index in [1.54, 1.807) is 25.3 Å². The van der Waals surface area contributed by atoms with Crippen LogP contribution in [-0.4, -0.2) is 49.5 Å². The number of hydrogen-bond acceptors (Lipinski definition) is 6. The second-order valence-corrected chi connectivity index (χ2v) is 10.6. The predicted molar refractivity (Wildman–Crippen MR) is 134 cm³/mol. The van der Waals surface area contributed by atoms with Gasteiger partial charge in [-0.05, 0) is 37.1 Å². The molecule has 0 saturated heterocycles. The molecule has 2 heterocycles. The van der Waals surface area contributed by atoms with Gasteiger partial charge in [-0.1, -0.05) is 30.5 Å². The number of nitrogens with zero attached hydrogens (tertiary/aromatic N) is 3. The lowest BCUT2D eigenvalue weighted by molar-refractivity contribution is -0.127. The molecule has 1 saturated carbocycles. The van der Waals surface area contributed by atoms with E-state index in [2.05, 4.69) is 15.3 Å². The van der Waals surface area contributed by atoms with Crippen LogP contribution in [0.3, 0.4) is 0 Å². The topological polar surface area (TPSA) is 155 Å². The Morgan fingerprint density at radius 1 is 1.26 bits per heavy atom. The zero-order valence-electron chi connectivity index (χ0n) is 19.2. The van der Waals surface area contributed by atoms with Crippen LogP contribution in [0, 0.1) is 0 Å². The number of ether oxygens (including phenoxy) is 1. The average Bonchev–Trinajstić information content (AvgIpc) is 3.51. The van der Waals surface area contributed by atoms with E-state index in [0.29, 0.717) is 47.5 Å². The lowest BCUT2D eigenvalue weighted by atomic mass is 9.81. The van der Waals surface area contributed by atoms with E-state index in [1.807, 2.05) is 0 Å². The molecule has 186 valence electrons. The maximum absolute atomic E-state index is 13.8. The van der Waals surface area contributed by atoms with Crippen molar-refractivity contribution in [3.8, 4) is 0 Å². The van der Waals surface area contributed by atoms with Gasteiger partial charge in [-0.3, -0.25) is 4.79 Å². The predicted octanol–water partition coefficient (Wildman–Crippen LogP) is 2.41. The summed E-state index contributed by atoms with van der Waals surface area (Å²) in [6, 6.07) is 7.83. The summed E-state index contributed by atoms with van der Waals surface area (Å²) in [5.41, 5.74) is 10.5. The van der Waals surface area contributed by atoms with Crippen LogP contribution in [0.15, 0.2) is 52.6 Å². The summed E-state index contributed by atoms with van der Waals surface area (Å²) in [5.74, 6) is -0.268. The number of guanidine groups is 1. The minimum absolute atomic E-state index is 0.00787. The highest BCUT2D eigenvalue weighted by Gasteiger charge is 2.45. The number of aliphatic imine (C=N–C) groups is 1. The number of aromatic nitrogens is 2. The summed E-state index contributed by atoms with van der Waals surface area (Å²) in [4.78, 5) is 21.4. The van der Waals surface area contributed by atoms with Crippen LogP contribution < -0.4 is 16.8 Å². The summed E-state index contributed by atoms with van der Waals surface area (Å²) in [7, 11) is -2.52. The van der Waals surface area contributed by atoms with Crippen molar-refractivity contribution in [2.75, 3.05) is 20.3 Å². The number of carbonyl (C=O) groups excluding carboxylic acids is 1. The first kappa shape index (κ1) is 25.0. The summed E-state index contributed by atoms with van der Waals surface area (Å²) in [6.07, 6.45) is 5.62. The molecule has 0 aliphatic heterocycles. The van der Waals surface area contributed by atoms with Gasteiger partial charge < -0.3 is 21.5 Å². The fourth-order valence-corrected chi connectivity index (χ4v) is 6.29. The number of pyridine rings is 1. The fraction of sp³-hybridized carbons (Fsp3) is 0.348. The average molecular weight is 519 g/mol. The first-order valence-electron chi connectivity index (χ1n) is 11.1. The molecule has 1 aliphatic rings. The molecular formula is C23H27ClN6O4S. The number of methoxy groups -OCH3 is 1. The van der Waals surface area contributed by atoms with E-state index in [4.69, 9.17) is 27.8 Å². The molecule has 1 amide bonds. The lowest BCUT2D eigenvalue weighted by Crippen LogP contribution is -2.45. The van der Waals surface area contributed by atoms with Gasteiger partial charge in [0.15, 0.2) is 11.8 Å². The number of nitrogens with two attached hydrogens (primary N) is 2. The van der Waals surface area contributed by atoms with E-state index in [-0.39, 0.29) is 22.6 Å². The summed E-state index contributed by atoms with van der Waals surface area (Å²) >= 11 is 6.27. The van der Waals surface area contributed by atoms with Crippen molar-refractivity contribution in [2.45, 2.75) is 36.0 Å². The third-order valence-corrected chi connectivity index (χ3v) is 8.26. The number of benzene rings is 1. The van der Waals surface area contributed by atoms with Crippen LogP contribution >= 0.6 is 11.6 Å². The van der Waals surface area contributed by atoms with Gasteiger partial charge in [0.25, 0.3) is 10.0 Å². The van der Waals surface area contributed by atoms with Crippen LogP contribution in [0.1, 0.15) is 31.4 Å². The number of fused-ring (bicyclic) bond motifs is 1. The van der Waals surface area contributed by atoms with Crippen molar-refractivity contribution in [1.82, 2.24) is 14.3 Å². The zero-order chi connectivity index (χ0) is 25.2. The van der Waals surface area contributed by atoms with Gasteiger partial charge in [-0.25, -0.2) is 17.4 Å². The highest BCUT2D eigenvalue weighted by Crippen LogP contribution is 2.43. The molecule has 1 aromatic carbocycles. The Bertz CT molecular complexity index is 1390. The number of amides is 1. The van der Waals surface area contributed by atoms with E-state index in [1.165, 1.54) is 28.5 Å². The van der Waals surface area contributed by atoms with Crippen LogP contribution in [0.5, 0.6) is 0 Å². The maximum Gasteiger partial charge on any atom is 0.267 e. The van der Waals surface area contributed by atoms with Gasteiger partial charge in [0.1, 0.15) is 0 Å². The van der Waals surface area contributed by atoms with E-state index >= 15 is 0 Å². The Balaban J connectivity index is 1.82. The quantitative estimate of drug-likeness (QED) is 0.235. The third-order valence-electron chi connectivity index (χ3n) is 6.27. The largest absolute Gasteiger partial charge is 0.383 e. The maximum atomic E-state index is 13.8. The molecule has 0 unspecified atom stereocenters. The van der Waals surface area contributed by atoms with Crippen molar-refractivity contribution in [3.05, 3.63) is 53.4 Å². The first-order valence-corrected chi connectivity index (χ1v) is 12.9. The van der Waals surface area contributed by atoms with Crippen LogP contribution in [-0.2, 0) is 25.0 Å². The molecule has 0 radical (unpaired) electrons. The molecule has 12 heteroatoms. The summed E-state index contributed by atoms with van der Waals surface area (Å²) in [6.45, 7) is 0.712. The molecule has 35 heavy (non-hydrogen) atoms. The van der Waals surface area contributed by atoms with Crippen molar-refractivity contribution in [3.63, 3.8) is 0 Å². The second-order valence-electron chi connectivity index (χ2n) is 8.41. The Morgan fingerprint density at radius 2 is 2.00 bits per heavy atom. The Kier molecular flexibility index (Phi) is 7.02. The molecule has 10 nitrogen and oxygen atoms in total. The number of carbonyl (C=O) groups is 1. The number of nitrogens with one attached hydrogen (secondary N) is 1. The minimum atomic E-state index is -4.08. The molecule has 4 rings (SSSR count). The molecule has 2 aromatic heterocycles. The molecular weight excluding hydrogens is 492 g/mol. The summed E-state index contributed by atoms with van der Waals surface area (Å²) < 4.78 is 33.9. The zero-order valence-corrected chi connectivity index (χ0v) is 20.8. The highest BCUT2D eigenvalue weighted by atomic mass is 35.5. The number of rotatable bonds is 8. The van der Waals surface area contributed by atoms with Gasteiger partial charge in [0, 0.05) is 42.5 Å². The minimum Gasteiger partial charge on any atom is -0.383 e. The molecule has 1 aliphatic carbocycles. The second kappa shape index (κ2) is 9.84. The van der Waals surface area contributed by atoms with Crippen molar-refractivity contribution >= 4 is 50.1 Å². The Labute approximate surface area is 208 Å². The number of halogens is 1. The molecule has 0 spiro atoms. The van der Waals surface area contributed by atoms with Crippen LogP contribution in [0.4, 0.5) is 5.82 Å². The smallest absolute Gasteiger partial charge is 0.267 e. The van der Waals surface area contributed by atoms with E-state index in [9.17, 15) is 13.2 Å². The Hall–Kier alpha value is -3.15. The molecule has 5 N–H and O–H groups in total. The van der Waals surface area contributed by atoms with E-state index < -0.39 is 15.4 Å². The lowest BCUT2D eigenvalue weighted by Gasteiger charge is -2.29. The normalized spacial score (nSPS) is 15.3. The van der Waals surface area contributed by atoms with Gasteiger partial charge in [0.05, 0.1) is 21.9 Å². The van der Waals surface area contributed by atoms with Crippen LogP contribution in [0.2, 0.25) is 5.02 Å². The van der Waals surface area contributed by atoms with Crippen molar-refractivity contribution in [1.29, 1.82) is 0 Å². The Morgan fingerprint density at radius 3 is 2.69 bits per heavy atom. The molecule has 3 aromatic rings. The monoisotopic (exact) mass is 518 g/mol. The highest BCUT2D eigenvalue weighted by molar-refractivity contribution is 7.90.